The molecule has 3 nitrogen and oxygen atoms in total. The predicted molar refractivity (Wildman–Crippen MR) is 82.7 cm³/mol. The maximum Gasteiger partial charge on any atom is 0.310 e. The third-order valence-corrected chi connectivity index (χ3v) is 4.99. The van der Waals surface area contributed by atoms with Gasteiger partial charge in [0.1, 0.15) is 0 Å². The van der Waals surface area contributed by atoms with Crippen molar-refractivity contribution in [2.24, 2.45) is 11.8 Å². The number of hydrogen-bond donors (Lipinski definition) is 0. The average molecular weight is 285 g/mol. The molecule has 0 saturated carbocycles. The Morgan fingerprint density at radius 1 is 1.33 bits per heavy atom. The highest BCUT2D eigenvalue weighted by Gasteiger charge is 2.45. The largest absolute Gasteiger partial charge is 0.469 e. The van der Waals surface area contributed by atoms with Crippen molar-refractivity contribution in [2.75, 3.05) is 13.7 Å². The smallest absolute Gasteiger partial charge is 0.310 e. The molecule has 112 valence electrons. The van der Waals surface area contributed by atoms with Crippen LogP contribution < -0.4 is 0 Å². The van der Waals surface area contributed by atoms with Crippen molar-refractivity contribution >= 4 is 5.97 Å². The molecule has 4 rings (SSSR count). The van der Waals surface area contributed by atoms with Gasteiger partial charge in [0.2, 0.25) is 0 Å². The summed E-state index contributed by atoms with van der Waals surface area (Å²) >= 11 is 0. The lowest BCUT2D eigenvalue weighted by molar-refractivity contribution is -0.151. The SMILES string of the molecule is COC(=O)[C@@H]1C[C@@H]2C=C(C)[C@H]1N([C@H](C)c1ccccc1)C2. The molecular formula is C18H23NO2. The van der Waals surface area contributed by atoms with E-state index in [1.165, 1.54) is 18.2 Å². The van der Waals surface area contributed by atoms with E-state index in [9.17, 15) is 4.79 Å². The van der Waals surface area contributed by atoms with Crippen LogP contribution in [0.4, 0.5) is 0 Å². The van der Waals surface area contributed by atoms with E-state index in [4.69, 9.17) is 4.74 Å². The third-order valence-electron chi connectivity index (χ3n) is 4.99. The van der Waals surface area contributed by atoms with Crippen LogP contribution >= 0.6 is 0 Å². The second-order valence-corrected chi connectivity index (χ2v) is 6.26. The summed E-state index contributed by atoms with van der Waals surface area (Å²) in [5.41, 5.74) is 2.62. The van der Waals surface area contributed by atoms with Crippen LogP contribution in [-0.2, 0) is 9.53 Å². The van der Waals surface area contributed by atoms with E-state index in [1.54, 1.807) is 0 Å². The molecule has 4 atom stereocenters. The molecule has 1 fully saturated rings. The Hall–Kier alpha value is -1.61. The van der Waals surface area contributed by atoms with Crippen molar-refractivity contribution in [3.63, 3.8) is 0 Å². The molecule has 21 heavy (non-hydrogen) atoms. The first-order chi connectivity index (χ1) is 10.1. The Morgan fingerprint density at radius 2 is 2.05 bits per heavy atom. The van der Waals surface area contributed by atoms with E-state index >= 15 is 0 Å². The Bertz CT molecular complexity index is 552. The fourth-order valence-corrected chi connectivity index (χ4v) is 4.01. The number of hydrogen-bond acceptors (Lipinski definition) is 3. The molecule has 0 radical (unpaired) electrons. The number of rotatable bonds is 3. The van der Waals surface area contributed by atoms with Crippen molar-refractivity contribution in [2.45, 2.75) is 32.4 Å². The molecule has 0 N–H and O–H groups in total. The molecule has 2 heterocycles. The quantitative estimate of drug-likeness (QED) is 0.631. The van der Waals surface area contributed by atoms with Crippen LogP contribution in [0.5, 0.6) is 0 Å². The van der Waals surface area contributed by atoms with E-state index in [0.717, 1.165) is 13.0 Å². The standard InChI is InChI=1S/C18H23NO2/c1-12-9-14-10-16(18(20)21-3)17(12)19(11-14)13(2)15-7-5-4-6-8-15/h4-9,13-14,16-17H,10-11H2,1-3H3/t13-,14+,16-,17-/m1/s1. The zero-order valence-corrected chi connectivity index (χ0v) is 13.0. The van der Waals surface area contributed by atoms with Crippen molar-refractivity contribution in [1.82, 2.24) is 4.90 Å². The van der Waals surface area contributed by atoms with Crippen molar-refractivity contribution in [1.29, 1.82) is 0 Å². The minimum atomic E-state index is -0.0672. The van der Waals surface area contributed by atoms with Crippen molar-refractivity contribution in [3.05, 3.63) is 47.5 Å². The van der Waals surface area contributed by atoms with Gasteiger partial charge in [0, 0.05) is 18.6 Å². The van der Waals surface area contributed by atoms with Gasteiger partial charge in [0.15, 0.2) is 0 Å². The van der Waals surface area contributed by atoms with Gasteiger partial charge in [0.25, 0.3) is 0 Å². The summed E-state index contributed by atoms with van der Waals surface area (Å²) < 4.78 is 5.03. The molecule has 1 aromatic carbocycles. The predicted octanol–water partition coefficient (Wildman–Crippen LogP) is 3.19. The van der Waals surface area contributed by atoms with Crippen LogP contribution in [0.2, 0.25) is 0 Å². The monoisotopic (exact) mass is 285 g/mol. The van der Waals surface area contributed by atoms with Gasteiger partial charge in [-0.05, 0) is 31.7 Å². The summed E-state index contributed by atoms with van der Waals surface area (Å²) in [6.07, 6.45) is 3.27. The molecule has 3 heteroatoms. The van der Waals surface area contributed by atoms with Gasteiger partial charge in [-0.1, -0.05) is 42.0 Å². The van der Waals surface area contributed by atoms with Gasteiger partial charge >= 0.3 is 5.97 Å². The first-order valence-electron chi connectivity index (χ1n) is 7.68. The van der Waals surface area contributed by atoms with Crippen LogP contribution in [0.25, 0.3) is 0 Å². The highest BCUT2D eigenvalue weighted by molar-refractivity contribution is 5.74. The summed E-state index contributed by atoms with van der Waals surface area (Å²) in [6.45, 7) is 5.42. The van der Waals surface area contributed by atoms with E-state index in [2.05, 4.69) is 49.1 Å². The Kier molecular flexibility index (Phi) is 3.85. The third kappa shape index (κ3) is 2.51. The van der Waals surface area contributed by atoms with Gasteiger partial charge < -0.3 is 4.74 Å². The van der Waals surface area contributed by atoms with Crippen LogP contribution in [-0.4, -0.2) is 30.6 Å². The first-order valence-corrected chi connectivity index (χ1v) is 7.68. The fraction of sp³-hybridized carbons (Fsp3) is 0.500. The maximum atomic E-state index is 12.1. The second kappa shape index (κ2) is 5.64. The zero-order chi connectivity index (χ0) is 15.0. The fourth-order valence-electron chi connectivity index (χ4n) is 4.01. The van der Waals surface area contributed by atoms with Crippen LogP contribution in [0.1, 0.15) is 31.9 Å². The number of ether oxygens (including phenoxy) is 1. The van der Waals surface area contributed by atoms with Crippen LogP contribution in [0, 0.1) is 11.8 Å². The molecular weight excluding hydrogens is 262 g/mol. The molecule has 2 bridgehead atoms. The summed E-state index contributed by atoms with van der Waals surface area (Å²) in [7, 11) is 1.49. The number of methoxy groups -OCH3 is 1. The van der Waals surface area contributed by atoms with Crippen molar-refractivity contribution in [3.8, 4) is 0 Å². The molecule has 1 aromatic rings. The number of carbonyl (C=O) groups is 1. The summed E-state index contributed by atoms with van der Waals surface area (Å²) in [6, 6.07) is 11.0. The summed E-state index contributed by atoms with van der Waals surface area (Å²) in [4.78, 5) is 14.6. The number of benzene rings is 1. The van der Waals surface area contributed by atoms with E-state index in [1.807, 2.05) is 6.07 Å². The van der Waals surface area contributed by atoms with Crippen LogP contribution in [0.15, 0.2) is 42.0 Å². The van der Waals surface area contributed by atoms with Gasteiger partial charge in [-0.25, -0.2) is 0 Å². The molecule has 3 aliphatic rings. The number of nitrogens with zero attached hydrogens (tertiary/aromatic N) is 1. The van der Waals surface area contributed by atoms with Crippen LogP contribution in [0.3, 0.4) is 0 Å². The number of fused-ring (bicyclic) bond motifs is 2. The molecule has 1 aliphatic carbocycles. The lowest BCUT2D eigenvalue weighted by Gasteiger charge is -2.50. The minimum absolute atomic E-state index is 0.0232. The normalized spacial score (nSPS) is 29.9. The number of carbonyl (C=O) groups excluding carboxylic acids is 1. The summed E-state index contributed by atoms with van der Waals surface area (Å²) in [5, 5.41) is 0. The lowest BCUT2D eigenvalue weighted by atomic mass is 9.73. The Balaban J connectivity index is 1.90. The summed E-state index contributed by atoms with van der Waals surface area (Å²) in [5.74, 6) is 0.373. The molecule has 0 amide bonds. The highest BCUT2D eigenvalue weighted by atomic mass is 16.5. The van der Waals surface area contributed by atoms with E-state index < -0.39 is 0 Å². The number of esters is 1. The zero-order valence-electron chi connectivity index (χ0n) is 13.0. The van der Waals surface area contributed by atoms with E-state index in [-0.39, 0.29) is 17.9 Å². The van der Waals surface area contributed by atoms with Gasteiger partial charge in [-0.15, -0.1) is 0 Å². The highest BCUT2D eigenvalue weighted by Crippen LogP contribution is 2.42. The molecule has 1 saturated heterocycles. The van der Waals surface area contributed by atoms with E-state index in [0.29, 0.717) is 12.0 Å². The molecule has 0 spiro atoms. The van der Waals surface area contributed by atoms with Gasteiger partial charge in [-0.2, -0.15) is 0 Å². The maximum absolute atomic E-state index is 12.1. The molecule has 2 aliphatic heterocycles. The average Bonchev–Trinajstić information content (AvgIpc) is 2.53. The van der Waals surface area contributed by atoms with Gasteiger partial charge in [-0.3, -0.25) is 9.69 Å². The topological polar surface area (TPSA) is 29.5 Å². The molecule has 0 aromatic heterocycles. The first kappa shape index (κ1) is 14.3. The second-order valence-electron chi connectivity index (χ2n) is 6.26. The Labute approximate surface area is 126 Å². The lowest BCUT2D eigenvalue weighted by Crippen LogP contribution is -2.55. The Morgan fingerprint density at radius 3 is 2.67 bits per heavy atom. The molecule has 0 unspecified atom stereocenters. The van der Waals surface area contributed by atoms with Crippen molar-refractivity contribution < 1.29 is 9.53 Å². The number of piperidine rings is 1. The minimum Gasteiger partial charge on any atom is -0.469 e. The van der Waals surface area contributed by atoms with Gasteiger partial charge in [0.05, 0.1) is 13.0 Å².